The summed E-state index contributed by atoms with van der Waals surface area (Å²) >= 11 is 2.08. The van der Waals surface area contributed by atoms with Crippen LogP contribution in [0, 0.1) is 6.92 Å². The van der Waals surface area contributed by atoms with Crippen LogP contribution in [0.25, 0.3) is 0 Å². The van der Waals surface area contributed by atoms with Crippen molar-refractivity contribution in [3.05, 3.63) is 29.3 Å². The average molecular weight is 265 g/mol. The third-order valence-electron chi connectivity index (χ3n) is 3.60. The zero-order chi connectivity index (χ0) is 13.0. The normalized spacial score (nSPS) is 23.4. The first-order chi connectivity index (χ1) is 8.69. The summed E-state index contributed by atoms with van der Waals surface area (Å²) in [4.78, 5) is 0. The van der Waals surface area contributed by atoms with E-state index in [1.165, 1.54) is 30.6 Å². The monoisotopic (exact) mass is 265 g/mol. The number of benzene rings is 1. The van der Waals surface area contributed by atoms with Gasteiger partial charge >= 0.3 is 0 Å². The minimum Gasteiger partial charge on any atom is -0.508 e. The second-order valence-electron chi connectivity index (χ2n) is 5.10. The molecule has 1 aliphatic rings. The number of hydrogen-bond acceptors (Lipinski definition) is 3. The molecule has 1 aromatic rings. The van der Waals surface area contributed by atoms with E-state index < -0.39 is 0 Å². The van der Waals surface area contributed by atoms with Crippen LogP contribution in [0.2, 0.25) is 0 Å². The second kappa shape index (κ2) is 6.48. The predicted octanol–water partition coefficient (Wildman–Crippen LogP) is 3.46. The highest BCUT2D eigenvalue weighted by molar-refractivity contribution is 7.99. The van der Waals surface area contributed by atoms with Crippen LogP contribution in [-0.2, 0) is 6.54 Å². The molecular weight excluding hydrogens is 242 g/mol. The highest BCUT2D eigenvalue weighted by Gasteiger charge is 2.24. The zero-order valence-electron chi connectivity index (χ0n) is 11.3. The first kappa shape index (κ1) is 13.8. The second-order valence-corrected chi connectivity index (χ2v) is 6.68. The summed E-state index contributed by atoms with van der Waals surface area (Å²) in [5.74, 6) is 1.63. The minimum absolute atomic E-state index is 0.408. The Labute approximate surface area is 114 Å². The van der Waals surface area contributed by atoms with Crippen molar-refractivity contribution in [2.75, 3.05) is 5.75 Å². The van der Waals surface area contributed by atoms with Gasteiger partial charge in [-0.15, -0.1) is 0 Å². The number of aromatic hydroxyl groups is 1. The van der Waals surface area contributed by atoms with E-state index in [1.54, 1.807) is 6.07 Å². The Morgan fingerprint density at radius 3 is 3.00 bits per heavy atom. The van der Waals surface area contributed by atoms with Gasteiger partial charge in [0.2, 0.25) is 0 Å². The molecule has 100 valence electrons. The number of hydrogen-bond donors (Lipinski definition) is 2. The van der Waals surface area contributed by atoms with E-state index in [1.807, 2.05) is 6.07 Å². The molecule has 2 atom stereocenters. The summed E-state index contributed by atoms with van der Waals surface area (Å²) in [6, 6.07) is 6.42. The maximum Gasteiger partial charge on any atom is 0.120 e. The van der Waals surface area contributed by atoms with E-state index in [2.05, 4.69) is 37.0 Å². The van der Waals surface area contributed by atoms with Crippen molar-refractivity contribution in [3.8, 4) is 5.75 Å². The summed E-state index contributed by atoms with van der Waals surface area (Å²) in [5, 5.41) is 14.2. The number of phenols is 1. The average Bonchev–Trinajstić information content (AvgIpc) is 2.79. The molecule has 0 aliphatic heterocycles. The van der Waals surface area contributed by atoms with E-state index in [9.17, 15) is 5.11 Å². The molecule has 2 nitrogen and oxygen atoms in total. The molecule has 1 aromatic carbocycles. The summed E-state index contributed by atoms with van der Waals surface area (Å²) < 4.78 is 0. The lowest BCUT2D eigenvalue weighted by atomic mass is 10.1. The lowest BCUT2D eigenvalue weighted by molar-refractivity contribution is 0.456. The molecule has 0 saturated heterocycles. The molecule has 0 amide bonds. The predicted molar refractivity (Wildman–Crippen MR) is 79.2 cm³/mol. The summed E-state index contributed by atoms with van der Waals surface area (Å²) in [7, 11) is 0. The number of aryl methyl sites for hydroxylation is 1. The molecule has 0 radical (unpaired) electrons. The van der Waals surface area contributed by atoms with Gasteiger partial charge in [-0.25, -0.2) is 0 Å². The first-order valence-electron chi connectivity index (χ1n) is 6.82. The SMILES string of the molecule is CCSC1CCC(NCc2cc(C)ccc2O)C1. The highest BCUT2D eigenvalue weighted by atomic mass is 32.2. The van der Waals surface area contributed by atoms with Crippen LogP contribution in [-0.4, -0.2) is 22.2 Å². The van der Waals surface area contributed by atoms with Gasteiger partial charge in [0.15, 0.2) is 0 Å². The number of thioether (sulfide) groups is 1. The summed E-state index contributed by atoms with van der Waals surface area (Å²) in [6.45, 7) is 5.07. The third kappa shape index (κ3) is 3.66. The third-order valence-corrected chi connectivity index (χ3v) is 4.84. The maximum absolute atomic E-state index is 9.80. The van der Waals surface area contributed by atoms with Crippen molar-refractivity contribution in [1.29, 1.82) is 0 Å². The topological polar surface area (TPSA) is 32.3 Å². The molecule has 2 rings (SSSR count). The molecule has 2 unspecified atom stereocenters. The lowest BCUT2D eigenvalue weighted by Crippen LogP contribution is -2.26. The highest BCUT2D eigenvalue weighted by Crippen LogP contribution is 2.30. The Bertz CT molecular complexity index is 394. The van der Waals surface area contributed by atoms with Gasteiger partial charge in [0.1, 0.15) is 5.75 Å². The molecule has 0 spiro atoms. The van der Waals surface area contributed by atoms with Gasteiger partial charge < -0.3 is 10.4 Å². The number of nitrogens with one attached hydrogen (secondary N) is 1. The fraction of sp³-hybridized carbons (Fsp3) is 0.600. The van der Waals surface area contributed by atoms with Gasteiger partial charge in [-0.3, -0.25) is 0 Å². The van der Waals surface area contributed by atoms with Crippen molar-refractivity contribution in [2.45, 2.75) is 50.9 Å². The van der Waals surface area contributed by atoms with Gasteiger partial charge in [0.25, 0.3) is 0 Å². The van der Waals surface area contributed by atoms with Crippen molar-refractivity contribution in [2.24, 2.45) is 0 Å². The van der Waals surface area contributed by atoms with E-state index in [4.69, 9.17) is 0 Å². The van der Waals surface area contributed by atoms with E-state index in [0.717, 1.165) is 17.4 Å². The van der Waals surface area contributed by atoms with Crippen molar-refractivity contribution < 1.29 is 5.11 Å². The molecule has 0 heterocycles. The fourth-order valence-electron chi connectivity index (χ4n) is 2.62. The van der Waals surface area contributed by atoms with Crippen LogP contribution in [0.4, 0.5) is 0 Å². The van der Waals surface area contributed by atoms with Crippen LogP contribution in [0.1, 0.15) is 37.3 Å². The largest absolute Gasteiger partial charge is 0.508 e. The Balaban J connectivity index is 1.83. The Hall–Kier alpha value is -0.670. The lowest BCUT2D eigenvalue weighted by Gasteiger charge is -2.14. The van der Waals surface area contributed by atoms with Crippen molar-refractivity contribution in [3.63, 3.8) is 0 Å². The molecule has 1 aliphatic carbocycles. The standard InChI is InChI=1S/C15H23NOS/c1-3-18-14-6-5-13(9-14)16-10-12-8-11(2)4-7-15(12)17/h4,7-8,13-14,16-17H,3,5-6,9-10H2,1-2H3. The van der Waals surface area contributed by atoms with E-state index in [-0.39, 0.29) is 0 Å². The summed E-state index contributed by atoms with van der Waals surface area (Å²) in [6.07, 6.45) is 3.87. The quantitative estimate of drug-likeness (QED) is 0.855. The first-order valence-corrected chi connectivity index (χ1v) is 7.87. The maximum atomic E-state index is 9.80. The van der Waals surface area contributed by atoms with Gasteiger partial charge in [0.05, 0.1) is 0 Å². The summed E-state index contributed by atoms with van der Waals surface area (Å²) in [5.41, 5.74) is 2.22. The van der Waals surface area contributed by atoms with Crippen molar-refractivity contribution in [1.82, 2.24) is 5.32 Å². The minimum atomic E-state index is 0.408. The molecule has 1 saturated carbocycles. The number of rotatable bonds is 5. The van der Waals surface area contributed by atoms with Gasteiger partial charge in [0, 0.05) is 23.4 Å². The van der Waals surface area contributed by atoms with Gasteiger partial charge in [-0.05, 0) is 38.0 Å². The molecule has 18 heavy (non-hydrogen) atoms. The van der Waals surface area contributed by atoms with E-state index in [0.29, 0.717) is 11.8 Å². The molecule has 2 N–H and O–H groups in total. The van der Waals surface area contributed by atoms with Crippen LogP contribution in [0.3, 0.4) is 0 Å². The van der Waals surface area contributed by atoms with Gasteiger partial charge in [-0.2, -0.15) is 11.8 Å². The van der Waals surface area contributed by atoms with Crippen LogP contribution >= 0.6 is 11.8 Å². The molecule has 0 aromatic heterocycles. The zero-order valence-corrected chi connectivity index (χ0v) is 12.1. The molecule has 1 fully saturated rings. The molecule has 0 bridgehead atoms. The Kier molecular flexibility index (Phi) is 4.95. The van der Waals surface area contributed by atoms with Crippen LogP contribution in [0.5, 0.6) is 5.75 Å². The van der Waals surface area contributed by atoms with Gasteiger partial charge in [-0.1, -0.05) is 24.6 Å². The fourth-order valence-corrected chi connectivity index (χ4v) is 3.77. The van der Waals surface area contributed by atoms with Crippen molar-refractivity contribution >= 4 is 11.8 Å². The van der Waals surface area contributed by atoms with E-state index >= 15 is 0 Å². The molecular formula is C15H23NOS. The molecule has 3 heteroatoms. The van der Waals surface area contributed by atoms with Crippen LogP contribution < -0.4 is 5.32 Å². The Morgan fingerprint density at radius 1 is 1.39 bits per heavy atom. The number of phenolic OH excluding ortho intramolecular Hbond substituents is 1. The smallest absolute Gasteiger partial charge is 0.120 e. The Morgan fingerprint density at radius 2 is 2.22 bits per heavy atom. The van der Waals surface area contributed by atoms with Crippen LogP contribution in [0.15, 0.2) is 18.2 Å².